The molecule has 0 aliphatic carbocycles. The van der Waals surface area contributed by atoms with Crippen molar-refractivity contribution >= 4 is 11.7 Å². The lowest BCUT2D eigenvalue weighted by molar-refractivity contribution is -0.0545. The van der Waals surface area contributed by atoms with Crippen LogP contribution in [0.15, 0.2) is 24.3 Å². The fourth-order valence-corrected chi connectivity index (χ4v) is 3.73. The normalized spacial score (nSPS) is 26.6. The van der Waals surface area contributed by atoms with E-state index >= 15 is 0 Å². The highest BCUT2D eigenvalue weighted by atomic mass is 16.5. The summed E-state index contributed by atoms with van der Waals surface area (Å²) in [5.74, 6) is 1.36. The predicted octanol–water partition coefficient (Wildman–Crippen LogP) is 2.34. The summed E-state index contributed by atoms with van der Waals surface area (Å²) in [5.41, 5.74) is 1.18. The minimum Gasteiger partial charge on any atom is -0.497 e. The van der Waals surface area contributed by atoms with Crippen LogP contribution in [0.4, 0.5) is 10.5 Å². The van der Waals surface area contributed by atoms with Crippen molar-refractivity contribution in [3.05, 3.63) is 24.3 Å². The molecule has 1 N–H and O–H groups in total. The molecule has 0 spiro atoms. The molecule has 0 radical (unpaired) electrons. The molecule has 1 aromatic rings. The van der Waals surface area contributed by atoms with Gasteiger partial charge in [0.2, 0.25) is 0 Å². The van der Waals surface area contributed by atoms with E-state index in [-0.39, 0.29) is 18.2 Å². The average Bonchev–Trinajstić information content (AvgIpc) is 3.08. The molecule has 1 aromatic carbocycles. The van der Waals surface area contributed by atoms with Crippen LogP contribution in [-0.2, 0) is 4.74 Å². The molecule has 3 atom stereocenters. The summed E-state index contributed by atoms with van der Waals surface area (Å²) >= 11 is 0. The number of methoxy groups -OCH3 is 1. The molecule has 0 aromatic heterocycles. The number of morpholine rings is 1. The molecule has 0 bridgehead atoms. The number of anilines is 1. The topological polar surface area (TPSA) is 54.0 Å². The highest BCUT2D eigenvalue weighted by Crippen LogP contribution is 2.26. The number of nitrogens with zero attached hydrogens (tertiary/aromatic N) is 2. The van der Waals surface area contributed by atoms with Crippen molar-refractivity contribution in [2.75, 3.05) is 44.7 Å². The second kappa shape index (κ2) is 7.95. The number of benzene rings is 1. The number of amides is 2. The zero-order valence-corrected chi connectivity index (χ0v) is 15.4. The van der Waals surface area contributed by atoms with Gasteiger partial charge in [0, 0.05) is 44.5 Å². The number of hydrogen-bond acceptors (Lipinski definition) is 4. The molecular formula is C19H29N3O3. The van der Waals surface area contributed by atoms with Crippen molar-refractivity contribution in [1.29, 1.82) is 0 Å². The van der Waals surface area contributed by atoms with E-state index in [2.05, 4.69) is 22.3 Å². The summed E-state index contributed by atoms with van der Waals surface area (Å²) in [5, 5.41) is 3.11. The van der Waals surface area contributed by atoms with Crippen molar-refractivity contribution in [3.63, 3.8) is 0 Å². The largest absolute Gasteiger partial charge is 0.497 e. The van der Waals surface area contributed by atoms with Crippen LogP contribution in [0.5, 0.6) is 5.75 Å². The van der Waals surface area contributed by atoms with Crippen LogP contribution in [0, 0.1) is 5.92 Å². The van der Waals surface area contributed by atoms with E-state index in [4.69, 9.17) is 9.47 Å². The van der Waals surface area contributed by atoms with E-state index in [1.165, 1.54) is 5.69 Å². The molecular weight excluding hydrogens is 318 g/mol. The molecule has 2 fully saturated rings. The van der Waals surface area contributed by atoms with Crippen LogP contribution in [0.2, 0.25) is 0 Å². The number of carbonyl (C=O) groups is 1. The van der Waals surface area contributed by atoms with Gasteiger partial charge in [-0.1, -0.05) is 6.07 Å². The van der Waals surface area contributed by atoms with Gasteiger partial charge in [-0.2, -0.15) is 0 Å². The van der Waals surface area contributed by atoms with Crippen molar-refractivity contribution < 1.29 is 14.3 Å². The molecule has 138 valence electrons. The van der Waals surface area contributed by atoms with Gasteiger partial charge in [0.05, 0.1) is 19.3 Å². The lowest BCUT2D eigenvalue weighted by Gasteiger charge is -2.35. The first-order valence-electron chi connectivity index (χ1n) is 9.12. The first-order chi connectivity index (χ1) is 12.0. The van der Waals surface area contributed by atoms with E-state index in [0.717, 1.165) is 31.8 Å². The minimum absolute atomic E-state index is 0.0295. The fraction of sp³-hybridized carbons (Fsp3) is 0.632. The highest BCUT2D eigenvalue weighted by Gasteiger charge is 2.27. The summed E-state index contributed by atoms with van der Waals surface area (Å²) in [6.45, 7) is 8.05. The molecule has 2 amide bonds. The maximum atomic E-state index is 12.4. The summed E-state index contributed by atoms with van der Waals surface area (Å²) in [7, 11) is 1.69. The number of urea groups is 1. The van der Waals surface area contributed by atoms with Crippen molar-refractivity contribution in [2.45, 2.75) is 32.5 Å². The molecule has 6 heteroatoms. The lowest BCUT2D eigenvalue weighted by Crippen LogP contribution is -2.52. The van der Waals surface area contributed by atoms with Crippen LogP contribution < -0.4 is 15.0 Å². The third-order valence-electron chi connectivity index (χ3n) is 4.95. The summed E-state index contributed by atoms with van der Waals surface area (Å²) in [4.78, 5) is 16.6. The maximum absolute atomic E-state index is 12.4. The third-order valence-corrected chi connectivity index (χ3v) is 4.95. The Morgan fingerprint density at radius 2 is 2.04 bits per heavy atom. The zero-order chi connectivity index (χ0) is 17.8. The first kappa shape index (κ1) is 17.9. The van der Waals surface area contributed by atoms with E-state index in [1.54, 1.807) is 7.11 Å². The Balaban J connectivity index is 1.47. The fourth-order valence-electron chi connectivity index (χ4n) is 3.73. The van der Waals surface area contributed by atoms with Crippen molar-refractivity contribution in [3.8, 4) is 5.75 Å². The highest BCUT2D eigenvalue weighted by molar-refractivity contribution is 5.74. The summed E-state index contributed by atoms with van der Waals surface area (Å²) < 4.78 is 11.0. The quantitative estimate of drug-likeness (QED) is 0.908. The second-order valence-electron chi connectivity index (χ2n) is 7.15. The van der Waals surface area contributed by atoms with Crippen LogP contribution in [0.1, 0.15) is 20.3 Å². The number of rotatable bonds is 4. The Labute approximate surface area is 150 Å². The molecule has 6 nitrogen and oxygen atoms in total. The Morgan fingerprint density at radius 1 is 1.28 bits per heavy atom. The average molecular weight is 347 g/mol. The van der Waals surface area contributed by atoms with Gasteiger partial charge < -0.3 is 24.6 Å². The van der Waals surface area contributed by atoms with Gasteiger partial charge >= 0.3 is 6.03 Å². The Bertz CT molecular complexity index is 585. The lowest BCUT2D eigenvalue weighted by atomic mass is 10.1. The monoisotopic (exact) mass is 347 g/mol. The maximum Gasteiger partial charge on any atom is 0.317 e. The number of hydrogen-bond donors (Lipinski definition) is 1. The summed E-state index contributed by atoms with van der Waals surface area (Å²) in [6.07, 6.45) is 1.29. The number of ether oxygens (including phenoxy) is 2. The van der Waals surface area contributed by atoms with Crippen molar-refractivity contribution in [2.24, 2.45) is 5.92 Å². The van der Waals surface area contributed by atoms with Gasteiger partial charge in [-0.05, 0) is 38.3 Å². The van der Waals surface area contributed by atoms with Gasteiger partial charge in [-0.3, -0.25) is 0 Å². The van der Waals surface area contributed by atoms with Gasteiger partial charge in [0.15, 0.2) is 0 Å². The molecule has 25 heavy (non-hydrogen) atoms. The van der Waals surface area contributed by atoms with Crippen LogP contribution >= 0.6 is 0 Å². The van der Waals surface area contributed by atoms with Gasteiger partial charge in [0.25, 0.3) is 0 Å². The smallest absolute Gasteiger partial charge is 0.317 e. The SMILES string of the molecule is COc1cccc(N2CC[C@H](CNC(=O)N3C[C@H](C)O[C@@H](C)C3)C2)c1. The Kier molecular flexibility index (Phi) is 5.68. The van der Waals surface area contributed by atoms with Crippen LogP contribution in [0.3, 0.4) is 0 Å². The molecule has 0 unspecified atom stereocenters. The van der Waals surface area contributed by atoms with E-state index < -0.39 is 0 Å². The number of carbonyl (C=O) groups excluding carboxylic acids is 1. The standard InChI is InChI=1S/C19H29N3O3/c1-14-11-22(12-15(2)25-14)19(23)20-10-16-7-8-21(13-16)17-5-4-6-18(9-17)24-3/h4-6,9,14-16H,7-8,10-13H2,1-3H3,(H,20,23)/t14-,15-,16+/m0/s1. The molecule has 2 saturated heterocycles. The first-order valence-corrected chi connectivity index (χ1v) is 9.12. The minimum atomic E-state index is 0.0295. The van der Waals surface area contributed by atoms with Crippen molar-refractivity contribution in [1.82, 2.24) is 10.2 Å². The van der Waals surface area contributed by atoms with Crippen LogP contribution in [-0.4, -0.2) is 63.0 Å². The van der Waals surface area contributed by atoms with Crippen LogP contribution in [0.25, 0.3) is 0 Å². The summed E-state index contributed by atoms with van der Waals surface area (Å²) in [6, 6.07) is 8.19. The van der Waals surface area contributed by atoms with E-state index in [9.17, 15) is 4.79 Å². The van der Waals surface area contributed by atoms with Gasteiger partial charge in [-0.15, -0.1) is 0 Å². The van der Waals surface area contributed by atoms with Gasteiger partial charge in [0.1, 0.15) is 5.75 Å². The van der Waals surface area contributed by atoms with E-state index in [0.29, 0.717) is 19.0 Å². The molecule has 2 aliphatic rings. The predicted molar refractivity (Wildman–Crippen MR) is 98.3 cm³/mol. The Morgan fingerprint density at radius 3 is 2.76 bits per heavy atom. The van der Waals surface area contributed by atoms with E-state index in [1.807, 2.05) is 30.9 Å². The Hall–Kier alpha value is -1.95. The van der Waals surface area contributed by atoms with Gasteiger partial charge in [-0.25, -0.2) is 4.79 Å². The molecule has 3 rings (SSSR count). The molecule has 0 saturated carbocycles. The second-order valence-corrected chi connectivity index (χ2v) is 7.15. The molecule has 2 heterocycles. The number of nitrogens with one attached hydrogen (secondary N) is 1. The molecule has 2 aliphatic heterocycles. The zero-order valence-electron chi connectivity index (χ0n) is 15.4. The third kappa shape index (κ3) is 4.57.